The molecule has 0 atom stereocenters. The van der Waals surface area contributed by atoms with Crippen molar-refractivity contribution in [3.63, 3.8) is 0 Å². The predicted octanol–water partition coefficient (Wildman–Crippen LogP) is 1.74. The van der Waals surface area contributed by atoms with Crippen molar-refractivity contribution in [1.29, 1.82) is 0 Å². The molecule has 0 aliphatic carbocycles. The molecule has 2 amide bonds. The molecule has 1 saturated heterocycles. The highest BCUT2D eigenvalue weighted by molar-refractivity contribution is 6.33. The summed E-state index contributed by atoms with van der Waals surface area (Å²) in [5.41, 5.74) is -0.579. The minimum Gasteiger partial charge on any atom is -0.352 e. The number of nitrogens with one attached hydrogen (secondary N) is 1. The zero-order valence-corrected chi connectivity index (χ0v) is 12.0. The summed E-state index contributed by atoms with van der Waals surface area (Å²) in [6, 6.07) is 2.89. The lowest BCUT2D eigenvalue weighted by Gasteiger charge is -2.41. The number of carbonyl (C=O) groups excluding carboxylic acids is 2. The van der Waals surface area contributed by atoms with Crippen LogP contribution in [0.4, 0.5) is 0 Å². The number of halogens is 2. The van der Waals surface area contributed by atoms with Crippen LogP contribution in [0.5, 0.6) is 0 Å². The SMILES string of the molecule is CC1(C)C(=O)NCCN1C(=O)c1cc(Cl)nc(Cl)c1. The van der Waals surface area contributed by atoms with E-state index in [1.807, 2.05) is 0 Å². The summed E-state index contributed by atoms with van der Waals surface area (Å²) in [6.45, 7) is 4.27. The van der Waals surface area contributed by atoms with Gasteiger partial charge in [0, 0.05) is 18.7 Å². The highest BCUT2D eigenvalue weighted by atomic mass is 35.5. The summed E-state index contributed by atoms with van der Waals surface area (Å²) in [5, 5.41) is 3.03. The molecule has 1 aromatic heterocycles. The standard InChI is InChI=1S/C12H13Cl2N3O2/c1-12(2)11(19)15-3-4-17(12)10(18)7-5-8(13)16-9(14)6-7/h5-6H,3-4H2,1-2H3,(H,15,19). The van der Waals surface area contributed by atoms with Gasteiger partial charge in [0.2, 0.25) is 5.91 Å². The number of amides is 2. The van der Waals surface area contributed by atoms with Crippen molar-refractivity contribution in [3.8, 4) is 0 Å². The molecule has 0 spiro atoms. The second-order valence-electron chi connectivity index (χ2n) is 4.77. The number of aromatic nitrogens is 1. The molecule has 0 unspecified atom stereocenters. The Bertz CT molecular complexity index is 526. The topological polar surface area (TPSA) is 62.3 Å². The Kier molecular flexibility index (Phi) is 3.69. The van der Waals surface area contributed by atoms with Gasteiger partial charge in [-0.3, -0.25) is 9.59 Å². The molecule has 7 heteroatoms. The molecular weight excluding hydrogens is 289 g/mol. The van der Waals surface area contributed by atoms with E-state index >= 15 is 0 Å². The van der Waals surface area contributed by atoms with Gasteiger partial charge in [-0.25, -0.2) is 4.98 Å². The van der Waals surface area contributed by atoms with Gasteiger partial charge in [-0.1, -0.05) is 23.2 Å². The van der Waals surface area contributed by atoms with E-state index in [1.54, 1.807) is 13.8 Å². The summed E-state index contributed by atoms with van der Waals surface area (Å²) < 4.78 is 0. The Labute approximate surface area is 120 Å². The molecule has 1 N–H and O–H groups in total. The van der Waals surface area contributed by atoms with Crippen LogP contribution >= 0.6 is 23.2 Å². The largest absolute Gasteiger partial charge is 0.352 e. The molecule has 5 nitrogen and oxygen atoms in total. The average Bonchev–Trinajstić information content (AvgIpc) is 2.30. The van der Waals surface area contributed by atoms with Crippen LogP contribution in [-0.2, 0) is 4.79 Å². The van der Waals surface area contributed by atoms with E-state index in [1.165, 1.54) is 17.0 Å². The van der Waals surface area contributed by atoms with E-state index in [9.17, 15) is 9.59 Å². The number of piperazine rings is 1. The van der Waals surface area contributed by atoms with E-state index in [4.69, 9.17) is 23.2 Å². The molecule has 1 aromatic rings. The van der Waals surface area contributed by atoms with Crippen molar-refractivity contribution < 1.29 is 9.59 Å². The van der Waals surface area contributed by atoms with Gasteiger partial charge in [-0.05, 0) is 26.0 Å². The molecule has 2 rings (SSSR count). The van der Waals surface area contributed by atoms with Gasteiger partial charge >= 0.3 is 0 Å². The van der Waals surface area contributed by atoms with Crippen molar-refractivity contribution in [2.24, 2.45) is 0 Å². The van der Waals surface area contributed by atoms with E-state index in [-0.39, 0.29) is 22.1 Å². The third-order valence-electron chi connectivity index (χ3n) is 3.11. The fourth-order valence-corrected chi connectivity index (χ4v) is 2.46. The van der Waals surface area contributed by atoms with Gasteiger partial charge in [-0.2, -0.15) is 0 Å². The molecule has 2 heterocycles. The molecule has 19 heavy (non-hydrogen) atoms. The van der Waals surface area contributed by atoms with Crippen LogP contribution in [-0.4, -0.2) is 40.3 Å². The first kappa shape index (κ1) is 14.1. The third kappa shape index (κ3) is 2.67. The summed E-state index contributed by atoms with van der Waals surface area (Å²) >= 11 is 11.6. The molecule has 1 aliphatic heterocycles. The summed E-state index contributed by atoms with van der Waals surface area (Å²) in [4.78, 5) is 29.6. The highest BCUT2D eigenvalue weighted by Crippen LogP contribution is 2.23. The maximum atomic E-state index is 12.5. The second-order valence-corrected chi connectivity index (χ2v) is 5.55. The van der Waals surface area contributed by atoms with Gasteiger partial charge in [0.15, 0.2) is 0 Å². The first-order chi connectivity index (χ1) is 8.82. The van der Waals surface area contributed by atoms with Crippen LogP contribution in [0, 0.1) is 0 Å². The van der Waals surface area contributed by atoms with Gasteiger partial charge < -0.3 is 10.2 Å². The smallest absolute Gasteiger partial charge is 0.255 e. The number of pyridine rings is 1. The van der Waals surface area contributed by atoms with Crippen LogP contribution in [0.2, 0.25) is 10.3 Å². The lowest BCUT2D eigenvalue weighted by molar-refractivity contribution is -0.133. The Morgan fingerprint density at radius 1 is 1.37 bits per heavy atom. The lowest BCUT2D eigenvalue weighted by atomic mass is 9.98. The van der Waals surface area contributed by atoms with Crippen LogP contribution in [0.1, 0.15) is 24.2 Å². The third-order valence-corrected chi connectivity index (χ3v) is 3.49. The molecule has 0 aromatic carbocycles. The maximum absolute atomic E-state index is 12.5. The lowest BCUT2D eigenvalue weighted by Crippen LogP contribution is -2.63. The summed E-state index contributed by atoms with van der Waals surface area (Å²) in [7, 11) is 0. The predicted molar refractivity (Wildman–Crippen MR) is 72.4 cm³/mol. The quantitative estimate of drug-likeness (QED) is 0.804. The molecule has 0 saturated carbocycles. The van der Waals surface area contributed by atoms with Crippen LogP contribution < -0.4 is 5.32 Å². The summed E-state index contributed by atoms with van der Waals surface area (Å²) in [5.74, 6) is -0.468. The first-order valence-electron chi connectivity index (χ1n) is 5.76. The van der Waals surface area contributed by atoms with Crippen LogP contribution in [0.15, 0.2) is 12.1 Å². The fraction of sp³-hybridized carbons (Fsp3) is 0.417. The first-order valence-corrected chi connectivity index (χ1v) is 6.51. The number of nitrogens with zero attached hydrogens (tertiary/aromatic N) is 2. The molecule has 1 fully saturated rings. The van der Waals surface area contributed by atoms with Crippen molar-refractivity contribution in [1.82, 2.24) is 15.2 Å². The van der Waals surface area contributed by atoms with Crippen molar-refractivity contribution in [2.75, 3.05) is 13.1 Å². The van der Waals surface area contributed by atoms with Gasteiger partial charge in [0.05, 0.1) is 0 Å². The van der Waals surface area contributed by atoms with Crippen molar-refractivity contribution >= 4 is 35.0 Å². The second kappa shape index (κ2) is 4.98. The number of hydrogen-bond donors (Lipinski definition) is 1. The van der Waals surface area contributed by atoms with E-state index < -0.39 is 5.54 Å². The number of rotatable bonds is 1. The molecule has 102 valence electrons. The molecule has 1 aliphatic rings. The Morgan fingerprint density at radius 3 is 2.53 bits per heavy atom. The van der Waals surface area contributed by atoms with Crippen LogP contribution in [0.3, 0.4) is 0 Å². The maximum Gasteiger partial charge on any atom is 0.255 e. The average molecular weight is 302 g/mol. The highest BCUT2D eigenvalue weighted by Gasteiger charge is 2.40. The van der Waals surface area contributed by atoms with E-state index in [0.717, 1.165) is 0 Å². The fourth-order valence-electron chi connectivity index (χ4n) is 2.00. The number of carbonyl (C=O) groups is 2. The number of hydrogen-bond acceptors (Lipinski definition) is 3. The van der Waals surface area contributed by atoms with Crippen molar-refractivity contribution in [3.05, 3.63) is 28.0 Å². The van der Waals surface area contributed by atoms with E-state index in [0.29, 0.717) is 18.7 Å². The monoisotopic (exact) mass is 301 g/mol. The molecule has 0 radical (unpaired) electrons. The minimum atomic E-state index is -0.905. The normalized spacial score (nSPS) is 18.1. The Morgan fingerprint density at radius 2 is 1.95 bits per heavy atom. The molecular formula is C12H13Cl2N3O2. The zero-order chi connectivity index (χ0) is 14.2. The van der Waals surface area contributed by atoms with Crippen molar-refractivity contribution in [2.45, 2.75) is 19.4 Å². The van der Waals surface area contributed by atoms with Gasteiger partial charge in [0.25, 0.3) is 5.91 Å². The van der Waals surface area contributed by atoms with Crippen LogP contribution in [0.25, 0.3) is 0 Å². The Hall–Kier alpha value is -1.33. The van der Waals surface area contributed by atoms with Gasteiger partial charge in [0.1, 0.15) is 15.8 Å². The Balaban J connectivity index is 2.35. The minimum absolute atomic E-state index is 0.148. The van der Waals surface area contributed by atoms with Gasteiger partial charge in [-0.15, -0.1) is 0 Å². The molecule has 0 bridgehead atoms. The van der Waals surface area contributed by atoms with E-state index in [2.05, 4.69) is 10.3 Å². The zero-order valence-electron chi connectivity index (χ0n) is 10.5. The summed E-state index contributed by atoms with van der Waals surface area (Å²) in [6.07, 6.45) is 0.